The van der Waals surface area contributed by atoms with Crippen LogP contribution in [-0.4, -0.2) is 7.05 Å². The van der Waals surface area contributed by atoms with Gasteiger partial charge >= 0.3 is 0 Å². The van der Waals surface area contributed by atoms with Gasteiger partial charge in [-0.25, -0.2) is 0 Å². The van der Waals surface area contributed by atoms with Crippen molar-refractivity contribution in [2.24, 2.45) is 0 Å². The van der Waals surface area contributed by atoms with E-state index in [1.54, 1.807) is 0 Å². The fourth-order valence-electron chi connectivity index (χ4n) is 1.94. The maximum Gasteiger partial charge on any atom is 0.0202 e. The maximum atomic E-state index is 3.16. The van der Waals surface area contributed by atoms with Gasteiger partial charge in [-0.2, -0.15) is 0 Å². The van der Waals surface area contributed by atoms with Crippen molar-refractivity contribution in [3.8, 4) is 0 Å². The Hall–Kier alpha value is -1.25. The minimum atomic E-state index is 0.597. The first-order valence-electron chi connectivity index (χ1n) is 6.70. The highest BCUT2D eigenvalue weighted by Gasteiger charge is 2.01. The summed E-state index contributed by atoms with van der Waals surface area (Å²) < 4.78 is 0. The summed E-state index contributed by atoms with van der Waals surface area (Å²) in [6.07, 6.45) is 0. The molecule has 0 aliphatic heterocycles. The summed E-state index contributed by atoms with van der Waals surface area (Å²) in [5.41, 5.74) is 2.72. The lowest BCUT2D eigenvalue weighted by atomic mass is 10.0. The first-order chi connectivity index (χ1) is 9.19. The van der Waals surface area contributed by atoms with Crippen LogP contribution < -0.4 is 5.32 Å². The van der Waals surface area contributed by atoms with E-state index in [-0.39, 0.29) is 0 Å². The predicted octanol–water partition coefficient (Wildman–Crippen LogP) is 4.68. The van der Waals surface area contributed by atoms with Crippen LogP contribution in [0, 0.1) is 0 Å². The molecule has 0 aromatic heterocycles. The SMILES string of the molecule is CNCc1ccc(Sc2ccc(C(C)C)cc2)cc1. The highest BCUT2D eigenvalue weighted by molar-refractivity contribution is 7.99. The molecule has 100 valence electrons. The molecule has 0 unspecified atom stereocenters. The van der Waals surface area contributed by atoms with E-state index in [4.69, 9.17) is 0 Å². The Kier molecular flexibility index (Phi) is 5.06. The van der Waals surface area contributed by atoms with E-state index in [2.05, 4.69) is 67.7 Å². The van der Waals surface area contributed by atoms with Crippen molar-refractivity contribution in [2.45, 2.75) is 36.1 Å². The lowest BCUT2D eigenvalue weighted by molar-refractivity contribution is 0.817. The van der Waals surface area contributed by atoms with E-state index < -0.39 is 0 Å². The molecule has 0 spiro atoms. The van der Waals surface area contributed by atoms with E-state index >= 15 is 0 Å². The summed E-state index contributed by atoms with van der Waals surface area (Å²) in [6, 6.07) is 17.6. The molecule has 0 aliphatic rings. The van der Waals surface area contributed by atoms with Crippen LogP contribution in [0.25, 0.3) is 0 Å². The van der Waals surface area contributed by atoms with Gasteiger partial charge in [0.25, 0.3) is 0 Å². The third kappa shape index (κ3) is 4.12. The molecule has 2 aromatic carbocycles. The van der Waals surface area contributed by atoms with Gasteiger partial charge < -0.3 is 5.32 Å². The highest BCUT2D eigenvalue weighted by Crippen LogP contribution is 2.29. The first-order valence-corrected chi connectivity index (χ1v) is 7.52. The topological polar surface area (TPSA) is 12.0 Å². The van der Waals surface area contributed by atoms with E-state index in [0.29, 0.717) is 5.92 Å². The van der Waals surface area contributed by atoms with Crippen LogP contribution in [0.1, 0.15) is 30.9 Å². The number of benzene rings is 2. The van der Waals surface area contributed by atoms with Gasteiger partial charge in [0.2, 0.25) is 0 Å². The first kappa shape index (κ1) is 14.2. The summed E-state index contributed by atoms with van der Waals surface area (Å²) in [7, 11) is 1.97. The van der Waals surface area contributed by atoms with Crippen LogP contribution in [0.4, 0.5) is 0 Å². The van der Waals surface area contributed by atoms with Gasteiger partial charge in [0.05, 0.1) is 0 Å². The predicted molar refractivity (Wildman–Crippen MR) is 83.9 cm³/mol. The van der Waals surface area contributed by atoms with Crippen molar-refractivity contribution in [2.75, 3.05) is 7.05 Å². The van der Waals surface area contributed by atoms with E-state index in [0.717, 1.165) is 6.54 Å². The molecular formula is C17H21NS. The second-order valence-corrected chi connectivity index (χ2v) is 6.15. The molecule has 0 heterocycles. The quantitative estimate of drug-likeness (QED) is 0.847. The molecule has 1 nitrogen and oxygen atoms in total. The molecule has 0 saturated carbocycles. The molecule has 0 amide bonds. The van der Waals surface area contributed by atoms with Gasteiger partial charge in [-0.15, -0.1) is 0 Å². The Morgan fingerprint density at radius 1 is 0.895 bits per heavy atom. The number of hydrogen-bond acceptors (Lipinski definition) is 2. The van der Waals surface area contributed by atoms with Crippen molar-refractivity contribution in [1.82, 2.24) is 5.32 Å². The van der Waals surface area contributed by atoms with Gasteiger partial charge in [-0.05, 0) is 48.4 Å². The molecule has 2 aromatic rings. The molecular weight excluding hydrogens is 250 g/mol. The van der Waals surface area contributed by atoms with Crippen LogP contribution in [0.5, 0.6) is 0 Å². The lowest BCUT2D eigenvalue weighted by Crippen LogP contribution is -2.04. The Morgan fingerprint density at radius 2 is 1.42 bits per heavy atom. The van der Waals surface area contributed by atoms with Gasteiger partial charge in [0, 0.05) is 16.3 Å². The summed E-state index contributed by atoms with van der Waals surface area (Å²) in [5.74, 6) is 0.597. The lowest BCUT2D eigenvalue weighted by Gasteiger charge is -2.07. The second kappa shape index (κ2) is 6.78. The Morgan fingerprint density at radius 3 is 1.89 bits per heavy atom. The number of hydrogen-bond donors (Lipinski definition) is 1. The summed E-state index contributed by atoms with van der Waals surface area (Å²) in [6.45, 7) is 5.37. The van der Waals surface area contributed by atoms with Crippen LogP contribution >= 0.6 is 11.8 Å². The van der Waals surface area contributed by atoms with Crippen molar-refractivity contribution in [3.63, 3.8) is 0 Å². The summed E-state index contributed by atoms with van der Waals surface area (Å²) in [5, 5.41) is 3.16. The molecule has 0 aliphatic carbocycles. The molecule has 0 radical (unpaired) electrons. The van der Waals surface area contributed by atoms with E-state index in [9.17, 15) is 0 Å². The maximum absolute atomic E-state index is 3.16. The standard InChI is InChI=1S/C17H21NS/c1-13(2)15-6-10-17(11-7-15)19-16-8-4-14(5-9-16)12-18-3/h4-11,13,18H,12H2,1-3H3. The molecule has 0 atom stereocenters. The van der Waals surface area contributed by atoms with E-state index in [1.807, 2.05) is 18.8 Å². The monoisotopic (exact) mass is 271 g/mol. The van der Waals surface area contributed by atoms with E-state index in [1.165, 1.54) is 20.9 Å². The Bertz CT molecular complexity index is 500. The number of nitrogens with one attached hydrogen (secondary N) is 1. The smallest absolute Gasteiger partial charge is 0.0202 e. The minimum absolute atomic E-state index is 0.597. The third-order valence-electron chi connectivity index (χ3n) is 3.09. The van der Waals surface area contributed by atoms with Gasteiger partial charge in [-0.3, -0.25) is 0 Å². The fraction of sp³-hybridized carbons (Fsp3) is 0.294. The summed E-state index contributed by atoms with van der Waals surface area (Å²) >= 11 is 1.81. The molecule has 0 saturated heterocycles. The van der Waals surface area contributed by atoms with Gasteiger partial charge in [0.1, 0.15) is 0 Å². The molecule has 1 N–H and O–H groups in total. The zero-order valence-corrected chi connectivity index (χ0v) is 12.6. The van der Waals surface area contributed by atoms with Gasteiger partial charge in [-0.1, -0.05) is 49.9 Å². The average Bonchev–Trinajstić information content (AvgIpc) is 2.42. The molecule has 2 heteroatoms. The molecule has 19 heavy (non-hydrogen) atoms. The highest BCUT2D eigenvalue weighted by atomic mass is 32.2. The molecule has 2 rings (SSSR count). The molecule has 0 fully saturated rings. The fourth-order valence-corrected chi connectivity index (χ4v) is 2.75. The van der Waals surface area contributed by atoms with Crippen LogP contribution in [-0.2, 0) is 6.54 Å². The van der Waals surface area contributed by atoms with Crippen LogP contribution in [0.15, 0.2) is 58.3 Å². The van der Waals surface area contributed by atoms with Crippen LogP contribution in [0.3, 0.4) is 0 Å². The second-order valence-electron chi connectivity index (χ2n) is 5.00. The third-order valence-corrected chi connectivity index (χ3v) is 4.10. The van der Waals surface area contributed by atoms with Crippen molar-refractivity contribution in [3.05, 3.63) is 59.7 Å². The summed E-state index contributed by atoms with van der Waals surface area (Å²) in [4.78, 5) is 2.59. The largest absolute Gasteiger partial charge is 0.316 e. The van der Waals surface area contributed by atoms with Crippen LogP contribution in [0.2, 0.25) is 0 Å². The van der Waals surface area contributed by atoms with Crippen molar-refractivity contribution >= 4 is 11.8 Å². The minimum Gasteiger partial charge on any atom is -0.316 e. The zero-order valence-electron chi connectivity index (χ0n) is 11.8. The Balaban J connectivity index is 2.04. The van der Waals surface area contributed by atoms with Gasteiger partial charge in [0.15, 0.2) is 0 Å². The van der Waals surface area contributed by atoms with Crippen molar-refractivity contribution < 1.29 is 0 Å². The van der Waals surface area contributed by atoms with Crippen molar-refractivity contribution in [1.29, 1.82) is 0 Å². The normalized spacial score (nSPS) is 10.9. The zero-order chi connectivity index (χ0) is 13.7. The Labute approximate surface area is 120 Å². The molecule has 0 bridgehead atoms. The average molecular weight is 271 g/mol. The number of rotatable bonds is 5.